The van der Waals surface area contributed by atoms with E-state index in [0.717, 1.165) is 6.42 Å². The summed E-state index contributed by atoms with van der Waals surface area (Å²) in [6.07, 6.45) is -3.63. The summed E-state index contributed by atoms with van der Waals surface area (Å²) in [5.74, 6) is -0.607. The van der Waals surface area contributed by atoms with Gasteiger partial charge in [-0.2, -0.15) is 13.2 Å². The van der Waals surface area contributed by atoms with Crippen LogP contribution in [-0.4, -0.2) is 55.1 Å². The fourth-order valence-corrected chi connectivity index (χ4v) is 2.22. The van der Waals surface area contributed by atoms with Crippen LogP contribution in [0.1, 0.15) is 12.2 Å². The molecule has 112 valence electrons. The standard InChI is InChI=1S/C12H18F3N5/c1-16-9-6-10(18-11(17-9)12(13,14)15)20-5-4-8(7-20)19(2)3/h6,8H,4-5,7H2,1-3H3,(H,16,17,18). The minimum Gasteiger partial charge on any atom is -0.373 e. The van der Waals surface area contributed by atoms with Crippen LogP contribution in [0.2, 0.25) is 0 Å². The van der Waals surface area contributed by atoms with Crippen LogP contribution >= 0.6 is 0 Å². The van der Waals surface area contributed by atoms with Crippen molar-refractivity contribution >= 4 is 11.6 Å². The normalized spacial score (nSPS) is 19.8. The highest BCUT2D eigenvalue weighted by molar-refractivity contribution is 5.50. The molecule has 1 aromatic heterocycles. The molecule has 1 aliphatic rings. The molecule has 1 saturated heterocycles. The average molecular weight is 289 g/mol. The first-order chi connectivity index (χ1) is 9.31. The first-order valence-electron chi connectivity index (χ1n) is 6.36. The zero-order valence-electron chi connectivity index (χ0n) is 11.7. The second-order valence-electron chi connectivity index (χ2n) is 5.03. The van der Waals surface area contributed by atoms with Crippen LogP contribution < -0.4 is 10.2 Å². The summed E-state index contributed by atoms with van der Waals surface area (Å²) in [6, 6.07) is 1.88. The SMILES string of the molecule is CNc1cc(N2CCC(N(C)C)C2)nc(C(F)(F)F)n1. The largest absolute Gasteiger partial charge is 0.451 e. The van der Waals surface area contributed by atoms with Crippen molar-refractivity contribution in [1.29, 1.82) is 0 Å². The fraction of sp³-hybridized carbons (Fsp3) is 0.667. The van der Waals surface area contributed by atoms with E-state index in [2.05, 4.69) is 20.2 Å². The molecule has 1 aromatic rings. The van der Waals surface area contributed by atoms with Crippen LogP contribution in [0.15, 0.2) is 6.07 Å². The van der Waals surface area contributed by atoms with Crippen LogP contribution in [0.3, 0.4) is 0 Å². The third kappa shape index (κ3) is 3.12. The molecule has 0 aromatic carbocycles. The molecule has 1 N–H and O–H groups in total. The maximum Gasteiger partial charge on any atom is 0.451 e. The Morgan fingerprint density at radius 3 is 2.55 bits per heavy atom. The van der Waals surface area contributed by atoms with Crippen molar-refractivity contribution in [3.63, 3.8) is 0 Å². The lowest BCUT2D eigenvalue weighted by Gasteiger charge is -2.22. The van der Waals surface area contributed by atoms with Crippen LogP contribution in [0.25, 0.3) is 0 Å². The van der Waals surface area contributed by atoms with Crippen LogP contribution in [-0.2, 0) is 6.18 Å². The summed E-state index contributed by atoms with van der Waals surface area (Å²) >= 11 is 0. The van der Waals surface area contributed by atoms with Gasteiger partial charge >= 0.3 is 6.18 Å². The second kappa shape index (κ2) is 5.43. The number of alkyl halides is 3. The number of aromatic nitrogens is 2. The van der Waals surface area contributed by atoms with Crippen molar-refractivity contribution in [1.82, 2.24) is 14.9 Å². The average Bonchev–Trinajstić information content (AvgIpc) is 2.87. The third-order valence-corrected chi connectivity index (χ3v) is 3.44. The van der Waals surface area contributed by atoms with E-state index in [1.54, 1.807) is 13.1 Å². The zero-order valence-corrected chi connectivity index (χ0v) is 11.7. The fourth-order valence-electron chi connectivity index (χ4n) is 2.22. The van der Waals surface area contributed by atoms with Crippen molar-refractivity contribution in [2.24, 2.45) is 0 Å². The Morgan fingerprint density at radius 1 is 1.35 bits per heavy atom. The number of likely N-dealkylation sites (N-methyl/N-ethyl adjacent to an activating group) is 1. The maximum atomic E-state index is 12.8. The monoisotopic (exact) mass is 289 g/mol. The highest BCUT2D eigenvalue weighted by Gasteiger charge is 2.36. The quantitative estimate of drug-likeness (QED) is 0.917. The number of anilines is 2. The minimum atomic E-state index is -4.54. The van der Waals surface area contributed by atoms with E-state index in [-0.39, 0.29) is 5.82 Å². The molecular weight excluding hydrogens is 271 g/mol. The number of halogens is 3. The van der Waals surface area contributed by atoms with Gasteiger partial charge in [-0.3, -0.25) is 0 Å². The van der Waals surface area contributed by atoms with Gasteiger partial charge in [-0.1, -0.05) is 0 Å². The molecule has 0 saturated carbocycles. The van der Waals surface area contributed by atoms with Crippen molar-refractivity contribution < 1.29 is 13.2 Å². The lowest BCUT2D eigenvalue weighted by atomic mass is 10.2. The van der Waals surface area contributed by atoms with E-state index in [0.29, 0.717) is 24.9 Å². The molecule has 2 rings (SSSR count). The molecule has 5 nitrogen and oxygen atoms in total. The molecule has 20 heavy (non-hydrogen) atoms. The Morgan fingerprint density at radius 2 is 2.05 bits per heavy atom. The van der Waals surface area contributed by atoms with Gasteiger partial charge in [0, 0.05) is 32.2 Å². The van der Waals surface area contributed by atoms with Gasteiger partial charge in [0.25, 0.3) is 0 Å². The van der Waals surface area contributed by atoms with E-state index < -0.39 is 12.0 Å². The minimum absolute atomic E-state index is 0.177. The van der Waals surface area contributed by atoms with Crippen LogP contribution in [0, 0.1) is 0 Å². The third-order valence-electron chi connectivity index (χ3n) is 3.44. The first-order valence-corrected chi connectivity index (χ1v) is 6.36. The van der Waals surface area contributed by atoms with Gasteiger partial charge in [0.2, 0.25) is 5.82 Å². The number of hydrogen-bond acceptors (Lipinski definition) is 5. The van der Waals surface area contributed by atoms with E-state index >= 15 is 0 Å². The maximum absolute atomic E-state index is 12.8. The molecule has 2 heterocycles. The smallest absolute Gasteiger partial charge is 0.373 e. The van der Waals surface area contributed by atoms with Crippen molar-refractivity contribution in [3.8, 4) is 0 Å². The Hall–Kier alpha value is -1.57. The van der Waals surface area contributed by atoms with Gasteiger partial charge in [-0.05, 0) is 20.5 Å². The highest BCUT2D eigenvalue weighted by atomic mass is 19.4. The lowest BCUT2D eigenvalue weighted by molar-refractivity contribution is -0.144. The van der Waals surface area contributed by atoms with E-state index in [1.807, 2.05) is 19.0 Å². The highest BCUT2D eigenvalue weighted by Crippen LogP contribution is 2.30. The van der Waals surface area contributed by atoms with Gasteiger partial charge in [0.05, 0.1) is 0 Å². The van der Waals surface area contributed by atoms with E-state index in [9.17, 15) is 13.2 Å². The van der Waals surface area contributed by atoms with Gasteiger partial charge in [0.15, 0.2) is 0 Å². The van der Waals surface area contributed by atoms with Crippen LogP contribution in [0.4, 0.5) is 24.8 Å². The molecule has 1 fully saturated rings. The summed E-state index contributed by atoms with van der Waals surface area (Å²) in [4.78, 5) is 11.1. The van der Waals surface area contributed by atoms with Crippen molar-refractivity contribution in [2.75, 3.05) is 44.4 Å². The van der Waals surface area contributed by atoms with E-state index in [4.69, 9.17) is 0 Å². The molecule has 1 atom stereocenters. The topological polar surface area (TPSA) is 44.3 Å². The Labute approximate surface area is 115 Å². The predicted molar refractivity (Wildman–Crippen MR) is 70.9 cm³/mol. The number of nitrogens with one attached hydrogen (secondary N) is 1. The summed E-state index contributed by atoms with van der Waals surface area (Å²) in [6.45, 7) is 1.37. The van der Waals surface area contributed by atoms with Gasteiger partial charge in [-0.25, -0.2) is 9.97 Å². The predicted octanol–water partition coefficient (Wildman–Crippen LogP) is 1.68. The molecule has 8 heteroatoms. The number of rotatable bonds is 3. The zero-order chi connectivity index (χ0) is 14.9. The molecule has 0 bridgehead atoms. The van der Waals surface area contributed by atoms with Crippen molar-refractivity contribution in [2.45, 2.75) is 18.6 Å². The molecule has 1 unspecified atom stereocenters. The second-order valence-corrected chi connectivity index (χ2v) is 5.03. The number of hydrogen-bond donors (Lipinski definition) is 1. The summed E-state index contributed by atoms with van der Waals surface area (Å²) in [5, 5.41) is 2.65. The number of nitrogens with zero attached hydrogens (tertiary/aromatic N) is 4. The molecule has 0 amide bonds. The molecule has 1 aliphatic heterocycles. The summed E-state index contributed by atoms with van der Waals surface area (Å²) < 4.78 is 38.4. The molecule has 0 aliphatic carbocycles. The van der Waals surface area contributed by atoms with Crippen molar-refractivity contribution in [3.05, 3.63) is 11.9 Å². The lowest BCUT2D eigenvalue weighted by Crippen LogP contribution is -2.32. The molecule has 0 spiro atoms. The summed E-state index contributed by atoms with van der Waals surface area (Å²) in [5.41, 5.74) is 0. The summed E-state index contributed by atoms with van der Waals surface area (Å²) in [7, 11) is 5.47. The van der Waals surface area contributed by atoms with Gasteiger partial charge < -0.3 is 15.1 Å². The Balaban J connectivity index is 2.28. The van der Waals surface area contributed by atoms with Gasteiger partial charge in [-0.15, -0.1) is 0 Å². The van der Waals surface area contributed by atoms with Gasteiger partial charge in [0.1, 0.15) is 11.6 Å². The first kappa shape index (κ1) is 14.8. The Kier molecular flexibility index (Phi) is 4.03. The van der Waals surface area contributed by atoms with Crippen LogP contribution in [0.5, 0.6) is 0 Å². The van der Waals surface area contributed by atoms with E-state index in [1.165, 1.54) is 0 Å². The Bertz CT molecular complexity index is 475. The molecular formula is C12H18F3N5. The molecule has 0 radical (unpaired) electrons.